The number of carbonyl (C=O) groups excluding carboxylic acids is 1. The molecule has 4 heterocycles. The number of hydroxylamine groups is 1. The van der Waals surface area contributed by atoms with Crippen LogP contribution in [0.5, 0.6) is 0 Å². The minimum Gasteiger partial charge on any atom is -0.379 e. The Hall–Kier alpha value is -1.78. The van der Waals surface area contributed by atoms with Gasteiger partial charge in [0.25, 0.3) is 5.91 Å². The van der Waals surface area contributed by atoms with Crippen LogP contribution in [0.1, 0.15) is 49.5 Å². The summed E-state index contributed by atoms with van der Waals surface area (Å²) in [6, 6.07) is 6.86. The Kier molecular flexibility index (Phi) is 4.92. The first-order valence-electron chi connectivity index (χ1n) is 11.5. The number of rotatable bonds is 4. The molecule has 4 fully saturated rings. The Morgan fingerprint density at radius 1 is 1.19 bits per heavy atom. The second-order valence-corrected chi connectivity index (χ2v) is 9.47. The maximum Gasteiger partial charge on any atom is 0.260 e. The number of anilines is 1. The van der Waals surface area contributed by atoms with E-state index in [1.165, 1.54) is 11.3 Å². The van der Waals surface area contributed by atoms with Crippen LogP contribution in [0.4, 0.5) is 10.1 Å². The highest BCUT2D eigenvalue weighted by Crippen LogP contribution is 2.42. The molecule has 3 atom stereocenters. The van der Waals surface area contributed by atoms with E-state index < -0.39 is 5.67 Å². The van der Waals surface area contributed by atoms with Crippen LogP contribution in [0.2, 0.25) is 0 Å². The molecule has 1 aliphatic carbocycles. The molecule has 1 aromatic carbocycles. The molecular weight excluding hydrogens is 401 g/mol. The number of halogens is 1. The van der Waals surface area contributed by atoms with E-state index in [1.54, 1.807) is 4.90 Å². The topological polar surface area (TPSA) is 78.1 Å². The number of amides is 1. The number of likely N-dealkylation sites (tertiary alicyclic amines) is 1. The van der Waals surface area contributed by atoms with Crippen molar-refractivity contribution in [1.82, 2.24) is 21.1 Å². The lowest BCUT2D eigenvalue weighted by atomic mass is 9.93. The summed E-state index contributed by atoms with van der Waals surface area (Å²) < 4.78 is 19.7. The number of alkyl halides is 1. The molecule has 0 aromatic heterocycles. The second kappa shape index (κ2) is 7.67. The van der Waals surface area contributed by atoms with Gasteiger partial charge in [0, 0.05) is 26.2 Å². The number of nitrogens with one attached hydrogen (secondary N) is 3. The van der Waals surface area contributed by atoms with E-state index in [0.29, 0.717) is 37.9 Å². The van der Waals surface area contributed by atoms with E-state index in [4.69, 9.17) is 9.57 Å². The van der Waals surface area contributed by atoms with E-state index in [9.17, 15) is 9.18 Å². The van der Waals surface area contributed by atoms with Gasteiger partial charge in [-0.15, -0.1) is 0 Å². The minimum absolute atomic E-state index is 0.0215. The lowest BCUT2D eigenvalue weighted by Crippen LogP contribution is -2.48. The number of carbonyl (C=O) groups is 1. The fourth-order valence-electron chi connectivity index (χ4n) is 5.24. The van der Waals surface area contributed by atoms with Crippen molar-refractivity contribution in [2.45, 2.75) is 62.8 Å². The number of hydrogen-bond donors (Lipinski definition) is 3. The van der Waals surface area contributed by atoms with Gasteiger partial charge in [-0.3, -0.25) is 14.9 Å². The van der Waals surface area contributed by atoms with Crippen molar-refractivity contribution in [3.63, 3.8) is 0 Å². The molecule has 1 amide bonds. The zero-order valence-electron chi connectivity index (χ0n) is 17.6. The van der Waals surface area contributed by atoms with Gasteiger partial charge in [0.15, 0.2) is 11.9 Å². The number of hydrazine groups is 1. The summed E-state index contributed by atoms with van der Waals surface area (Å²) in [5, 5.41) is 5.81. The Bertz CT molecular complexity index is 852. The van der Waals surface area contributed by atoms with Crippen LogP contribution in [0, 0.1) is 5.92 Å². The van der Waals surface area contributed by atoms with Gasteiger partial charge in [-0.25, -0.2) is 9.82 Å². The predicted molar refractivity (Wildman–Crippen MR) is 111 cm³/mol. The van der Waals surface area contributed by atoms with Gasteiger partial charge < -0.3 is 14.6 Å². The molecule has 0 spiro atoms. The molecule has 0 bridgehead atoms. The normalized spacial score (nSPS) is 32.5. The molecule has 6 rings (SSSR count). The van der Waals surface area contributed by atoms with Crippen molar-refractivity contribution in [1.29, 1.82) is 0 Å². The number of fused-ring (bicyclic) bond motifs is 1. The lowest BCUT2D eigenvalue weighted by Gasteiger charge is -2.35. The molecule has 8 nitrogen and oxygen atoms in total. The van der Waals surface area contributed by atoms with E-state index >= 15 is 0 Å². The Labute approximate surface area is 181 Å². The van der Waals surface area contributed by atoms with Gasteiger partial charge in [-0.1, -0.05) is 12.1 Å². The van der Waals surface area contributed by atoms with Gasteiger partial charge >= 0.3 is 0 Å². The summed E-state index contributed by atoms with van der Waals surface area (Å²) in [5.41, 5.74) is 8.66. The molecule has 1 aromatic rings. The summed E-state index contributed by atoms with van der Waals surface area (Å²) >= 11 is 0. The summed E-state index contributed by atoms with van der Waals surface area (Å²) in [6.07, 6.45) is 3.27. The van der Waals surface area contributed by atoms with Crippen LogP contribution < -0.4 is 21.2 Å². The maximum absolute atomic E-state index is 14.1. The monoisotopic (exact) mass is 431 g/mol. The van der Waals surface area contributed by atoms with Gasteiger partial charge in [0.05, 0.1) is 24.5 Å². The fourth-order valence-corrected chi connectivity index (χ4v) is 5.24. The first-order chi connectivity index (χ1) is 15.1. The Morgan fingerprint density at radius 3 is 2.77 bits per heavy atom. The molecule has 1 saturated carbocycles. The largest absolute Gasteiger partial charge is 0.379 e. The zero-order valence-corrected chi connectivity index (χ0v) is 17.6. The second-order valence-electron chi connectivity index (χ2n) is 9.47. The third kappa shape index (κ3) is 3.62. The molecule has 3 saturated heterocycles. The molecule has 168 valence electrons. The highest BCUT2D eigenvalue weighted by Gasteiger charge is 2.53. The predicted octanol–water partition coefficient (Wildman–Crippen LogP) is 1.49. The molecular formula is C22H30FN5O3. The van der Waals surface area contributed by atoms with Crippen LogP contribution in [0.3, 0.4) is 0 Å². The molecule has 2 unspecified atom stereocenters. The number of benzene rings is 1. The van der Waals surface area contributed by atoms with E-state index in [2.05, 4.69) is 39.4 Å². The number of ether oxygens (including phenoxy) is 1. The standard InChI is InChI=1S/C22H30FN5O3/c23-22(6-7-22)21(29)27-8-3-14(4-9-27)19-25-20(31-26-19)15-1-2-16-12-24-28(18(16)11-15)17-5-10-30-13-17/h1-2,11,14,17,19-20,24-26H,3-10,12-13H2/t17-,19?,20?/m1/s1. The van der Waals surface area contributed by atoms with Gasteiger partial charge in [0.2, 0.25) is 0 Å². The molecule has 3 N–H and O–H groups in total. The summed E-state index contributed by atoms with van der Waals surface area (Å²) in [5.74, 6) is 0.0310. The van der Waals surface area contributed by atoms with Crippen molar-refractivity contribution in [3.8, 4) is 0 Å². The van der Waals surface area contributed by atoms with Crippen molar-refractivity contribution in [2.24, 2.45) is 5.92 Å². The van der Waals surface area contributed by atoms with Gasteiger partial charge in [-0.05, 0) is 55.2 Å². The van der Waals surface area contributed by atoms with Crippen LogP contribution in [-0.2, 0) is 20.9 Å². The van der Waals surface area contributed by atoms with Crippen LogP contribution in [0.25, 0.3) is 0 Å². The minimum atomic E-state index is -1.56. The molecule has 31 heavy (non-hydrogen) atoms. The van der Waals surface area contributed by atoms with Crippen molar-refractivity contribution >= 4 is 11.6 Å². The highest BCUT2D eigenvalue weighted by molar-refractivity contribution is 5.88. The smallest absolute Gasteiger partial charge is 0.260 e. The van der Waals surface area contributed by atoms with Crippen LogP contribution in [0.15, 0.2) is 18.2 Å². The fraction of sp³-hybridized carbons (Fsp3) is 0.682. The quantitative estimate of drug-likeness (QED) is 0.667. The maximum atomic E-state index is 14.1. The average molecular weight is 432 g/mol. The number of hydrogen-bond acceptors (Lipinski definition) is 7. The average Bonchev–Trinajstić information content (AvgIpc) is 3.26. The third-order valence-electron chi connectivity index (χ3n) is 7.40. The highest BCUT2D eigenvalue weighted by atomic mass is 19.1. The number of piperidine rings is 1. The van der Waals surface area contributed by atoms with Crippen molar-refractivity contribution < 1.29 is 18.8 Å². The summed E-state index contributed by atoms with van der Waals surface area (Å²) in [6.45, 7) is 3.63. The van der Waals surface area contributed by atoms with Crippen molar-refractivity contribution in [3.05, 3.63) is 29.3 Å². The number of nitrogens with zero attached hydrogens (tertiary/aromatic N) is 2. The zero-order chi connectivity index (χ0) is 21.0. The van der Waals surface area contributed by atoms with E-state index in [1.807, 2.05) is 0 Å². The summed E-state index contributed by atoms with van der Waals surface area (Å²) in [4.78, 5) is 19.8. The van der Waals surface area contributed by atoms with Crippen LogP contribution in [-0.4, -0.2) is 55.0 Å². The van der Waals surface area contributed by atoms with Crippen LogP contribution >= 0.6 is 0 Å². The van der Waals surface area contributed by atoms with E-state index in [-0.39, 0.29) is 18.3 Å². The molecule has 0 radical (unpaired) electrons. The Morgan fingerprint density at radius 2 is 2.03 bits per heavy atom. The summed E-state index contributed by atoms with van der Waals surface area (Å²) in [7, 11) is 0. The van der Waals surface area contributed by atoms with Gasteiger partial charge in [0.1, 0.15) is 0 Å². The molecule has 9 heteroatoms. The lowest BCUT2D eigenvalue weighted by molar-refractivity contribution is -0.139. The SMILES string of the molecule is O=C(N1CCC(C2NOC(c3ccc4c(c3)N([C@@H]3CCOC3)NC4)N2)CC1)C1(F)CC1. The van der Waals surface area contributed by atoms with E-state index in [0.717, 1.165) is 44.6 Å². The van der Waals surface area contributed by atoms with Crippen molar-refractivity contribution in [2.75, 3.05) is 31.3 Å². The first kappa shape index (κ1) is 19.9. The van der Waals surface area contributed by atoms with Gasteiger partial charge in [-0.2, -0.15) is 5.48 Å². The molecule has 4 aliphatic heterocycles. The third-order valence-corrected chi connectivity index (χ3v) is 7.40. The first-order valence-corrected chi connectivity index (χ1v) is 11.5. The Balaban J connectivity index is 1.08. The molecule has 5 aliphatic rings.